The fraction of sp³-hybridized carbons (Fsp3) is 0.280. The molecule has 1 aliphatic rings. The lowest BCUT2D eigenvalue weighted by atomic mass is 9.83. The molecule has 1 unspecified atom stereocenters. The summed E-state index contributed by atoms with van der Waals surface area (Å²) in [6.07, 6.45) is 0.214. The van der Waals surface area contributed by atoms with Crippen LogP contribution in [0.5, 0.6) is 11.5 Å². The number of halogens is 1. The van der Waals surface area contributed by atoms with Gasteiger partial charge in [0, 0.05) is 16.1 Å². The molecule has 1 heterocycles. The molecule has 4 rings (SSSR count). The van der Waals surface area contributed by atoms with Crippen molar-refractivity contribution in [3.05, 3.63) is 75.8 Å². The first-order chi connectivity index (χ1) is 14.0. The maximum absolute atomic E-state index is 14.2. The van der Waals surface area contributed by atoms with E-state index >= 15 is 0 Å². The predicted molar refractivity (Wildman–Crippen MR) is 125 cm³/mol. The summed E-state index contributed by atoms with van der Waals surface area (Å²) >= 11 is 6.26. The molecular weight excluding hydrogens is 415 g/mol. The van der Waals surface area contributed by atoms with Crippen molar-refractivity contribution in [2.24, 2.45) is 0 Å². The number of benzene rings is 3. The second-order valence-electron chi connectivity index (χ2n) is 9.02. The van der Waals surface area contributed by atoms with E-state index in [0.29, 0.717) is 16.1 Å². The van der Waals surface area contributed by atoms with E-state index in [1.54, 1.807) is 6.07 Å². The first-order valence-electron chi connectivity index (χ1n) is 10.0. The van der Waals surface area contributed by atoms with Crippen LogP contribution in [0.1, 0.15) is 43.0 Å². The van der Waals surface area contributed by atoms with Gasteiger partial charge in [0.25, 0.3) is 7.37 Å². The summed E-state index contributed by atoms with van der Waals surface area (Å²) in [6, 6.07) is 15.0. The van der Waals surface area contributed by atoms with E-state index in [-0.39, 0.29) is 17.3 Å². The molecule has 156 valence electrons. The van der Waals surface area contributed by atoms with E-state index in [4.69, 9.17) is 16.1 Å². The summed E-state index contributed by atoms with van der Waals surface area (Å²) in [5.41, 5.74) is 5.06. The average molecular weight is 441 g/mol. The van der Waals surface area contributed by atoms with Gasteiger partial charge in [0.1, 0.15) is 11.5 Å². The van der Waals surface area contributed by atoms with Crippen molar-refractivity contribution in [2.45, 2.75) is 46.2 Å². The molecule has 0 radical (unpaired) electrons. The van der Waals surface area contributed by atoms with Gasteiger partial charge in [-0.3, -0.25) is 4.57 Å². The van der Waals surface area contributed by atoms with E-state index in [1.165, 1.54) is 0 Å². The summed E-state index contributed by atoms with van der Waals surface area (Å²) in [4.78, 5) is 0. The van der Waals surface area contributed by atoms with Crippen LogP contribution in [0, 0.1) is 13.8 Å². The molecule has 0 saturated heterocycles. The molecule has 5 heteroatoms. The van der Waals surface area contributed by atoms with Crippen molar-refractivity contribution in [3.63, 3.8) is 0 Å². The van der Waals surface area contributed by atoms with Crippen LogP contribution < -0.4 is 9.83 Å². The molecule has 0 spiro atoms. The molecule has 0 bridgehead atoms. The first-order valence-corrected chi connectivity index (χ1v) is 12.2. The van der Waals surface area contributed by atoms with E-state index in [0.717, 1.165) is 33.4 Å². The highest BCUT2D eigenvalue weighted by Gasteiger charge is 2.37. The standard InChI is InChI=1S/C25H26ClO3P/c1-15-12-21(25(3,4)5)24(27)16(2)20(15)14-30(28)23-11-10-17(26)13-19(23)18-8-6-7-9-22(18)29-30/h6-13,27H,14H2,1-5H3. The Balaban J connectivity index is 1.87. The molecule has 0 saturated carbocycles. The number of para-hydroxylation sites is 1. The number of rotatable bonds is 2. The summed E-state index contributed by atoms with van der Waals surface area (Å²) in [5, 5.41) is 12.2. The van der Waals surface area contributed by atoms with Crippen LogP contribution >= 0.6 is 19.0 Å². The summed E-state index contributed by atoms with van der Waals surface area (Å²) in [7, 11) is -3.28. The van der Waals surface area contributed by atoms with Crippen LogP contribution in [0.2, 0.25) is 5.02 Å². The largest absolute Gasteiger partial charge is 0.507 e. The molecular formula is C25H26ClO3P. The Morgan fingerprint density at radius 3 is 2.43 bits per heavy atom. The number of phenolic OH excluding ortho intramolecular Hbond substituents is 1. The normalized spacial score (nSPS) is 17.8. The van der Waals surface area contributed by atoms with E-state index in [2.05, 4.69) is 20.8 Å². The molecule has 30 heavy (non-hydrogen) atoms. The number of aryl methyl sites for hydroxylation is 1. The zero-order valence-corrected chi connectivity index (χ0v) is 19.6. The second-order valence-corrected chi connectivity index (χ2v) is 11.8. The third kappa shape index (κ3) is 3.45. The second kappa shape index (κ2) is 7.18. The van der Waals surface area contributed by atoms with Crippen molar-refractivity contribution in [1.29, 1.82) is 0 Å². The van der Waals surface area contributed by atoms with Crippen molar-refractivity contribution in [3.8, 4) is 22.6 Å². The summed E-state index contributed by atoms with van der Waals surface area (Å²) < 4.78 is 20.4. The molecule has 3 aromatic carbocycles. The predicted octanol–water partition coefficient (Wildman–Crippen LogP) is 7.12. The number of aromatic hydroxyl groups is 1. The highest BCUT2D eigenvalue weighted by Crippen LogP contribution is 2.57. The Labute approximate surface area is 183 Å². The number of hydrogen-bond acceptors (Lipinski definition) is 3. The van der Waals surface area contributed by atoms with Gasteiger partial charge in [0.05, 0.1) is 11.5 Å². The van der Waals surface area contributed by atoms with E-state index < -0.39 is 7.37 Å². The Morgan fingerprint density at radius 1 is 1.03 bits per heavy atom. The minimum absolute atomic E-state index is 0.188. The zero-order valence-electron chi connectivity index (χ0n) is 17.9. The maximum atomic E-state index is 14.2. The van der Waals surface area contributed by atoms with Gasteiger partial charge in [-0.2, -0.15) is 0 Å². The van der Waals surface area contributed by atoms with E-state index in [9.17, 15) is 9.67 Å². The number of phenols is 1. The zero-order chi connectivity index (χ0) is 21.8. The minimum Gasteiger partial charge on any atom is -0.507 e. The minimum atomic E-state index is -3.28. The summed E-state index contributed by atoms with van der Waals surface area (Å²) in [6.45, 7) is 10.1. The monoisotopic (exact) mass is 440 g/mol. The third-order valence-electron chi connectivity index (χ3n) is 5.82. The van der Waals surface area contributed by atoms with Gasteiger partial charge in [-0.15, -0.1) is 0 Å². The van der Waals surface area contributed by atoms with Crippen molar-refractivity contribution >= 4 is 24.3 Å². The van der Waals surface area contributed by atoms with Crippen LogP contribution in [-0.2, 0) is 16.1 Å². The van der Waals surface area contributed by atoms with Crippen molar-refractivity contribution < 1.29 is 14.2 Å². The Kier molecular flexibility index (Phi) is 5.03. The van der Waals surface area contributed by atoms with Gasteiger partial charge < -0.3 is 9.63 Å². The van der Waals surface area contributed by atoms with Crippen LogP contribution in [0.25, 0.3) is 11.1 Å². The lowest BCUT2D eigenvalue weighted by Crippen LogP contribution is -2.20. The van der Waals surface area contributed by atoms with Gasteiger partial charge in [-0.25, -0.2) is 0 Å². The van der Waals surface area contributed by atoms with Crippen LogP contribution in [0.15, 0.2) is 48.5 Å². The summed E-state index contributed by atoms with van der Waals surface area (Å²) in [5.74, 6) is 0.866. The third-order valence-corrected chi connectivity index (χ3v) is 8.41. The van der Waals surface area contributed by atoms with Gasteiger partial charge >= 0.3 is 0 Å². The SMILES string of the molecule is Cc1cc(C(C)(C)C)c(O)c(C)c1CP1(=O)Oc2ccccc2-c2cc(Cl)ccc21. The highest BCUT2D eigenvalue weighted by molar-refractivity contribution is 7.67. The molecule has 1 atom stereocenters. The molecule has 1 N–H and O–H groups in total. The lowest BCUT2D eigenvalue weighted by Gasteiger charge is -2.30. The molecule has 1 aliphatic heterocycles. The smallest absolute Gasteiger partial charge is 0.282 e. The Bertz CT molecular complexity index is 1210. The van der Waals surface area contributed by atoms with Crippen LogP contribution in [0.3, 0.4) is 0 Å². The quantitative estimate of drug-likeness (QED) is 0.431. The molecule has 0 amide bonds. The highest BCUT2D eigenvalue weighted by atomic mass is 35.5. The molecule has 3 nitrogen and oxygen atoms in total. The van der Waals surface area contributed by atoms with Gasteiger partial charge in [0.2, 0.25) is 0 Å². The lowest BCUT2D eigenvalue weighted by molar-refractivity contribution is 0.441. The fourth-order valence-corrected chi connectivity index (χ4v) is 6.89. The van der Waals surface area contributed by atoms with Gasteiger partial charge in [-0.05, 0) is 65.8 Å². The number of fused-ring (bicyclic) bond motifs is 3. The fourth-order valence-electron chi connectivity index (χ4n) is 4.15. The molecule has 3 aromatic rings. The molecule has 0 fully saturated rings. The van der Waals surface area contributed by atoms with Crippen LogP contribution in [0.4, 0.5) is 0 Å². The Morgan fingerprint density at radius 2 is 1.73 bits per heavy atom. The maximum Gasteiger partial charge on any atom is 0.282 e. The van der Waals surface area contributed by atoms with Crippen molar-refractivity contribution in [2.75, 3.05) is 0 Å². The number of hydrogen-bond donors (Lipinski definition) is 1. The first kappa shape index (κ1) is 21.0. The van der Waals surface area contributed by atoms with Gasteiger partial charge in [-0.1, -0.05) is 56.6 Å². The van der Waals surface area contributed by atoms with Gasteiger partial charge in [0.15, 0.2) is 0 Å². The average Bonchev–Trinajstić information content (AvgIpc) is 2.67. The Hall–Kier alpha value is -2.22. The molecule has 0 aliphatic carbocycles. The van der Waals surface area contributed by atoms with E-state index in [1.807, 2.05) is 56.3 Å². The topological polar surface area (TPSA) is 46.5 Å². The molecule has 0 aromatic heterocycles. The van der Waals surface area contributed by atoms with Crippen LogP contribution in [-0.4, -0.2) is 5.11 Å². The van der Waals surface area contributed by atoms with Crippen molar-refractivity contribution in [1.82, 2.24) is 0 Å².